The van der Waals surface area contributed by atoms with Crippen LogP contribution in [0.3, 0.4) is 0 Å². The molecular weight excluding hydrogens is 453 g/mol. The molecule has 0 amide bonds. The predicted molar refractivity (Wildman–Crippen MR) is 108 cm³/mol. The SMILES string of the molecule is COc1ccc(C(O)Nc2cc(F)c(F)c(F)c2)cc1S(=O)(=O)N1CC(O)COCC1C. The molecule has 3 N–H and O–H groups in total. The Labute approximate surface area is 183 Å². The van der Waals surface area contributed by atoms with Gasteiger partial charge in [0.2, 0.25) is 10.0 Å². The fourth-order valence-electron chi connectivity index (χ4n) is 3.30. The van der Waals surface area contributed by atoms with E-state index < -0.39 is 45.8 Å². The maximum atomic E-state index is 13.5. The van der Waals surface area contributed by atoms with E-state index in [2.05, 4.69) is 5.32 Å². The number of ether oxygens (including phenoxy) is 2. The van der Waals surface area contributed by atoms with Gasteiger partial charge in [0.1, 0.15) is 10.6 Å². The summed E-state index contributed by atoms with van der Waals surface area (Å²) in [6.07, 6.45) is -2.62. The number of anilines is 1. The second kappa shape index (κ2) is 9.63. The van der Waals surface area contributed by atoms with E-state index >= 15 is 0 Å². The molecule has 1 saturated heterocycles. The molecule has 8 nitrogen and oxygen atoms in total. The van der Waals surface area contributed by atoms with Crippen LogP contribution in [-0.4, -0.2) is 62.0 Å². The molecule has 0 aromatic heterocycles. The third-order valence-corrected chi connectivity index (χ3v) is 6.93. The number of methoxy groups -OCH3 is 1. The van der Waals surface area contributed by atoms with Crippen LogP contribution in [0.4, 0.5) is 18.9 Å². The van der Waals surface area contributed by atoms with Gasteiger partial charge in [0.05, 0.1) is 26.4 Å². The molecule has 3 rings (SSSR count). The molecule has 1 heterocycles. The standard InChI is InChI=1S/C20H23F3N2O6S/c1-11-9-31-10-14(26)8-25(11)32(28,29)18-5-12(3-4-17(18)30-2)20(27)24-13-6-15(21)19(23)16(22)7-13/h3-7,11,14,20,24,26-27H,8-10H2,1-2H3. The molecule has 1 aliphatic heterocycles. The Hall–Kier alpha value is -2.38. The number of nitrogens with zero attached hydrogens (tertiary/aromatic N) is 1. The smallest absolute Gasteiger partial charge is 0.247 e. The van der Waals surface area contributed by atoms with Crippen LogP contribution >= 0.6 is 0 Å². The summed E-state index contributed by atoms with van der Waals surface area (Å²) in [7, 11) is -2.92. The minimum absolute atomic E-state index is 0.00771. The van der Waals surface area contributed by atoms with Crippen molar-refractivity contribution < 1.29 is 41.3 Å². The maximum Gasteiger partial charge on any atom is 0.247 e. The third kappa shape index (κ3) is 4.99. The van der Waals surface area contributed by atoms with E-state index in [1.165, 1.54) is 19.2 Å². The number of hydrogen-bond donors (Lipinski definition) is 3. The predicted octanol–water partition coefficient (Wildman–Crippen LogP) is 1.99. The van der Waals surface area contributed by atoms with Gasteiger partial charge in [-0.05, 0) is 19.1 Å². The van der Waals surface area contributed by atoms with Gasteiger partial charge in [0, 0.05) is 36.0 Å². The Morgan fingerprint density at radius 1 is 1.19 bits per heavy atom. The average Bonchev–Trinajstić information content (AvgIpc) is 2.92. The highest BCUT2D eigenvalue weighted by Gasteiger charge is 2.35. The van der Waals surface area contributed by atoms with Gasteiger partial charge in [-0.1, -0.05) is 6.07 Å². The molecule has 176 valence electrons. The molecule has 32 heavy (non-hydrogen) atoms. The number of halogens is 3. The highest BCUT2D eigenvalue weighted by molar-refractivity contribution is 7.89. The van der Waals surface area contributed by atoms with E-state index in [4.69, 9.17) is 9.47 Å². The number of rotatable bonds is 6. The first-order chi connectivity index (χ1) is 15.0. The van der Waals surface area contributed by atoms with Gasteiger partial charge >= 0.3 is 0 Å². The van der Waals surface area contributed by atoms with Crippen LogP contribution in [0.2, 0.25) is 0 Å². The molecule has 1 fully saturated rings. The van der Waals surface area contributed by atoms with Crippen LogP contribution in [0.5, 0.6) is 5.75 Å². The van der Waals surface area contributed by atoms with Crippen LogP contribution in [0.15, 0.2) is 35.2 Å². The number of aliphatic hydroxyl groups is 2. The molecule has 1 aliphatic rings. The van der Waals surface area contributed by atoms with E-state index in [1.807, 2.05) is 0 Å². The van der Waals surface area contributed by atoms with Crippen molar-refractivity contribution in [3.63, 3.8) is 0 Å². The second-order valence-corrected chi connectivity index (χ2v) is 9.19. The number of nitrogens with one attached hydrogen (secondary N) is 1. The molecular formula is C20H23F3N2O6S. The first kappa shape index (κ1) is 24.3. The van der Waals surface area contributed by atoms with Crippen molar-refractivity contribution in [3.05, 3.63) is 53.3 Å². The van der Waals surface area contributed by atoms with Crippen LogP contribution in [0, 0.1) is 17.5 Å². The van der Waals surface area contributed by atoms with Gasteiger partial charge in [0.25, 0.3) is 0 Å². The Bertz CT molecular complexity index is 1060. The molecule has 0 radical (unpaired) electrons. The first-order valence-electron chi connectivity index (χ1n) is 9.59. The molecule has 0 spiro atoms. The Kier molecular flexibility index (Phi) is 7.30. The summed E-state index contributed by atoms with van der Waals surface area (Å²) in [4.78, 5) is -0.282. The summed E-state index contributed by atoms with van der Waals surface area (Å²) in [5.41, 5.74) is -0.218. The Balaban J connectivity index is 1.96. The Morgan fingerprint density at radius 2 is 1.84 bits per heavy atom. The fourth-order valence-corrected chi connectivity index (χ4v) is 5.15. The van der Waals surface area contributed by atoms with Crippen molar-refractivity contribution in [2.45, 2.75) is 30.2 Å². The lowest BCUT2D eigenvalue weighted by Gasteiger charge is -2.27. The molecule has 0 aliphatic carbocycles. The van der Waals surface area contributed by atoms with E-state index in [9.17, 15) is 31.8 Å². The van der Waals surface area contributed by atoms with Crippen LogP contribution in [0.1, 0.15) is 18.7 Å². The summed E-state index contributed by atoms with van der Waals surface area (Å²) in [6, 6.07) is 4.54. The molecule has 2 aromatic carbocycles. The summed E-state index contributed by atoms with van der Waals surface area (Å²) in [5.74, 6) is -4.56. The van der Waals surface area contributed by atoms with Crippen molar-refractivity contribution in [1.29, 1.82) is 0 Å². The van der Waals surface area contributed by atoms with Gasteiger partial charge in [-0.15, -0.1) is 0 Å². The quantitative estimate of drug-likeness (QED) is 0.432. The van der Waals surface area contributed by atoms with Gasteiger partial charge in [0.15, 0.2) is 23.7 Å². The van der Waals surface area contributed by atoms with Crippen LogP contribution in [-0.2, 0) is 14.8 Å². The molecule has 3 atom stereocenters. The topological polar surface area (TPSA) is 108 Å². The second-order valence-electron chi connectivity index (χ2n) is 7.33. The number of β-amino-alcohol motifs (C(OH)–C–C–N with tert-alkyl or cyclic N) is 1. The summed E-state index contributed by atoms with van der Waals surface area (Å²) in [6.45, 7) is 1.48. The number of sulfonamides is 1. The normalized spacial score (nSPS) is 21.1. The number of aliphatic hydroxyl groups excluding tert-OH is 2. The number of benzene rings is 2. The monoisotopic (exact) mass is 476 g/mol. The fraction of sp³-hybridized carbons (Fsp3) is 0.400. The van der Waals surface area contributed by atoms with Gasteiger partial charge < -0.3 is 25.0 Å². The zero-order valence-electron chi connectivity index (χ0n) is 17.3. The van der Waals surface area contributed by atoms with E-state index in [0.29, 0.717) is 12.1 Å². The first-order valence-corrected chi connectivity index (χ1v) is 11.0. The Morgan fingerprint density at radius 3 is 2.47 bits per heavy atom. The highest BCUT2D eigenvalue weighted by atomic mass is 32.2. The zero-order valence-corrected chi connectivity index (χ0v) is 18.1. The zero-order chi connectivity index (χ0) is 23.6. The highest BCUT2D eigenvalue weighted by Crippen LogP contribution is 2.32. The summed E-state index contributed by atoms with van der Waals surface area (Å²) >= 11 is 0. The lowest BCUT2D eigenvalue weighted by atomic mass is 10.1. The molecule has 2 aromatic rings. The van der Waals surface area contributed by atoms with Gasteiger partial charge in [-0.25, -0.2) is 21.6 Å². The van der Waals surface area contributed by atoms with E-state index in [-0.39, 0.29) is 41.7 Å². The van der Waals surface area contributed by atoms with Crippen molar-refractivity contribution in [2.24, 2.45) is 0 Å². The third-order valence-electron chi connectivity index (χ3n) is 4.93. The van der Waals surface area contributed by atoms with Crippen LogP contribution < -0.4 is 10.1 Å². The lowest BCUT2D eigenvalue weighted by molar-refractivity contribution is 0.0551. The largest absolute Gasteiger partial charge is 0.495 e. The van der Waals surface area contributed by atoms with Crippen molar-refractivity contribution in [3.8, 4) is 5.75 Å². The lowest BCUT2D eigenvalue weighted by Crippen LogP contribution is -2.43. The van der Waals surface area contributed by atoms with Gasteiger partial charge in [-0.3, -0.25) is 0 Å². The van der Waals surface area contributed by atoms with Crippen molar-refractivity contribution in [1.82, 2.24) is 4.31 Å². The van der Waals surface area contributed by atoms with E-state index in [0.717, 1.165) is 10.4 Å². The minimum atomic E-state index is -4.20. The molecule has 3 unspecified atom stereocenters. The van der Waals surface area contributed by atoms with E-state index in [1.54, 1.807) is 6.92 Å². The number of hydrogen-bond acceptors (Lipinski definition) is 7. The maximum absolute atomic E-state index is 13.5. The average molecular weight is 476 g/mol. The molecule has 12 heteroatoms. The van der Waals surface area contributed by atoms with Crippen molar-refractivity contribution in [2.75, 3.05) is 32.2 Å². The summed E-state index contributed by atoms with van der Waals surface area (Å²) in [5, 5.41) is 22.8. The molecule has 0 bridgehead atoms. The van der Waals surface area contributed by atoms with Gasteiger partial charge in [-0.2, -0.15) is 4.31 Å². The van der Waals surface area contributed by atoms with Crippen molar-refractivity contribution >= 4 is 15.7 Å². The molecule has 0 saturated carbocycles. The minimum Gasteiger partial charge on any atom is -0.495 e. The van der Waals surface area contributed by atoms with Crippen LogP contribution in [0.25, 0.3) is 0 Å². The summed E-state index contributed by atoms with van der Waals surface area (Å²) < 4.78 is 78.3.